The van der Waals surface area contributed by atoms with Gasteiger partial charge in [-0.25, -0.2) is 4.90 Å². The highest BCUT2D eigenvalue weighted by molar-refractivity contribution is 8.18. The van der Waals surface area contributed by atoms with Gasteiger partial charge >= 0.3 is 0 Å². The second-order valence-electron chi connectivity index (χ2n) is 4.98. The van der Waals surface area contributed by atoms with E-state index in [0.717, 1.165) is 22.2 Å². The second kappa shape index (κ2) is 7.19. The first-order valence-corrected chi connectivity index (χ1v) is 8.15. The van der Waals surface area contributed by atoms with Gasteiger partial charge in [0.25, 0.3) is 11.1 Å². The van der Waals surface area contributed by atoms with Crippen molar-refractivity contribution >= 4 is 34.7 Å². The fourth-order valence-corrected chi connectivity index (χ4v) is 3.10. The number of nitrogens with zero attached hydrogens (tertiary/aromatic N) is 1. The predicted octanol–water partition coefficient (Wildman–Crippen LogP) is 4.49. The van der Waals surface area contributed by atoms with Gasteiger partial charge in [-0.3, -0.25) is 9.59 Å². The highest BCUT2D eigenvalue weighted by atomic mass is 32.2. The second-order valence-corrected chi connectivity index (χ2v) is 5.97. The van der Waals surface area contributed by atoms with Crippen molar-refractivity contribution in [3.63, 3.8) is 0 Å². The maximum Gasteiger partial charge on any atom is 0.298 e. The number of anilines is 1. The number of allylic oxidation sites excluding steroid dienone is 2. The fraction of sp³-hybridized carbons (Fsp3) is 0.0526. The van der Waals surface area contributed by atoms with Gasteiger partial charge in [0.2, 0.25) is 0 Å². The maximum atomic E-state index is 12.6. The smallest absolute Gasteiger partial charge is 0.298 e. The van der Waals surface area contributed by atoms with Crippen LogP contribution in [-0.2, 0) is 4.79 Å². The molecule has 0 bridgehead atoms. The standard InChI is InChI=1S/C19H15NO3S/c1-23-16-12-6-5-11-15(16)20-18(21)17(24-19(20)22)13-7-10-14-8-3-2-4-9-14/h2-13H,1H3/b10-7+,17-13-. The Hall–Kier alpha value is -2.79. The SMILES string of the molecule is COc1ccccc1N1C(=O)S/C(=C\C=C\c2ccccc2)C1=O. The average Bonchev–Trinajstić information content (AvgIpc) is 2.89. The molecule has 2 aromatic carbocycles. The number of ether oxygens (including phenoxy) is 1. The number of para-hydroxylation sites is 2. The lowest BCUT2D eigenvalue weighted by Gasteiger charge is -2.15. The number of hydrogen-bond donors (Lipinski definition) is 0. The summed E-state index contributed by atoms with van der Waals surface area (Å²) < 4.78 is 5.24. The van der Waals surface area contributed by atoms with Crippen LogP contribution in [0.15, 0.2) is 71.7 Å². The number of methoxy groups -OCH3 is 1. The zero-order valence-corrected chi connectivity index (χ0v) is 13.8. The first-order chi connectivity index (χ1) is 11.7. The van der Waals surface area contributed by atoms with Crippen LogP contribution < -0.4 is 9.64 Å². The van der Waals surface area contributed by atoms with E-state index < -0.39 is 0 Å². The molecule has 0 unspecified atom stereocenters. The lowest BCUT2D eigenvalue weighted by atomic mass is 10.2. The molecule has 1 aliphatic rings. The van der Waals surface area contributed by atoms with Crippen LogP contribution in [0, 0.1) is 0 Å². The molecule has 120 valence electrons. The predicted molar refractivity (Wildman–Crippen MR) is 97.0 cm³/mol. The number of rotatable bonds is 4. The molecule has 1 aliphatic heterocycles. The zero-order valence-electron chi connectivity index (χ0n) is 13.0. The molecular weight excluding hydrogens is 322 g/mol. The number of carbonyl (C=O) groups is 2. The number of hydrogen-bond acceptors (Lipinski definition) is 4. The van der Waals surface area contributed by atoms with Crippen LogP contribution in [0.1, 0.15) is 5.56 Å². The molecule has 3 rings (SSSR count). The van der Waals surface area contributed by atoms with Gasteiger partial charge in [-0.15, -0.1) is 0 Å². The Balaban J connectivity index is 1.84. The third-order valence-corrected chi connectivity index (χ3v) is 4.34. The molecule has 2 aromatic rings. The summed E-state index contributed by atoms with van der Waals surface area (Å²) in [6, 6.07) is 16.7. The highest BCUT2D eigenvalue weighted by Gasteiger charge is 2.37. The van der Waals surface area contributed by atoms with E-state index in [2.05, 4.69) is 0 Å². The summed E-state index contributed by atoms with van der Waals surface area (Å²) in [5.74, 6) is 0.146. The number of amides is 2. The van der Waals surface area contributed by atoms with E-state index in [1.807, 2.05) is 36.4 Å². The summed E-state index contributed by atoms with van der Waals surface area (Å²) >= 11 is 0.923. The van der Waals surface area contributed by atoms with Crippen molar-refractivity contribution in [2.24, 2.45) is 0 Å². The summed E-state index contributed by atoms with van der Waals surface area (Å²) in [6.07, 6.45) is 5.32. The molecule has 0 atom stereocenters. The first kappa shape index (κ1) is 16.1. The van der Waals surface area contributed by atoms with Crippen LogP contribution in [0.4, 0.5) is 10.5 Å². The normalized spacial score (nSPS) is 16.4. The van der Waals surface area contributed by atoms with E-state index in [0.29, 0.717) is 16.3 Å². The molecule has 0 spiro atoms. The van der Waals surface area contributed by atoms with Crippen molar-refractivity contribution in [1.29, 1.82) is 0 Å². The van der Waals surface area contributed by atoms with Gasteiger partial charge in [0.15, 0.2) is 0 Å². The minimum atomic E-state index is -0.341. The molecule has 1 saturated heterocycles. The van der Waals surface area contributed by atoms with E-state index in [1.54, 1.807) is 36.4 Å². The van der Waals surface area contributed by atoms with E-state index in [9.17, 15) is 9.59 Å². The summed E-state index contributed by atoms with van der Waals surface area (Å²) in [7, 11) is 1.51. The molecule has 0 saturated carbocycles. The van der Waals surface area contributed by atoms with E-state index in [4.69, 9.17) is 4.74 Å². The van der Waals surface area contributed by atoms with Crippen molar-refractivity contribution in [2.75, 3.05) is 12.0 Å². The van der Waals surface area contributed by atoms with Crippen molar-refractivity contribution in [3.05, 3.63) is 77.2 Å². The van der Waals surface area contributed by atoms with Crippen molar-refractivity contribution in [1.82, 2.24) is 0 Å². The van der Waals surface area contributed by atoms with Gasteiger partial charge in [-0.1, -0.05) is 54.6 Å². The third kappa shape index (κ3) is 3.26. The van der Waals surface area contributed by atoms with Crippen LogP contribution in [0.2, 0.25) is 0 Å². The number of thioether (sulfide) groups is 1. The highest BCUT2D eigenvalue weighted by Crippen LogP contribution is 2.38. The lowest BCUT2D eigenvalue weighted by molar-refractivity contribution is -0.113. The summed E-state index contributed by atoms with van der Waals surface area (Å²) in [6.45, 7) is 0. The quantitative estimate of drug-likeness (QED) is 0.771. The third-order valence-electron chi connectivity index (χ3n) is 3.46. The van der Waals surface area contributed by atoms with Crippen molar-refractivity contribution in [2.45, 2.75) is 0 Å². The number of carbonyl (C=O) groups excluding carboxylic acids is 2. The van der Waals surface area contributed by atoms with Gasteiger partial charge < -0.3 is 4.74 Å². The number of benzene rings is 2. The van der Waals surface area contributed by atoms with Crippen molar-refractivity contribution in [3.8, 4) is 5.75 Å². The summed E-state index contributed by atoms with van der Waals surface area (Å²) in [5, 5.41) is -0.330. The molecular formula is C19H15NO3S. The molecule has 0 aliphatic carbocycles. The molecule has 0 radical (unpaired) electrons. The Bertz CT molecular complexity index is 828. The maximum absolute atomic E-state index is 12.6. The zero-order chi connectivity index (χ0) is 16.9. The molecule has 0 N–H and O–H groups in total. The molecule has 1 heterocycles. The number of imide groups is 1. The molecule has 5 heteroatoms. The lowest BCUT2D eigenvalue weighted by Crippen LogP contribution is -2.28. The topological polar surface area (TPSA) is 46.6 Å². The Morgan fingerprint density at radius 3 is 2.46 bits per heavy atom. The largest absolute Gasteiger partial charge is 0.495 e. The van der Waals surface area contributed by atoms with Crippen LogP contribution in [-0.4, -0.2) is 18.3 Å². The van der Waals surface area contributed by atoms with Crippen LogP contribution in [0.5, 0.6) is 5.75 Å². The van der Waals surface area contributed by atoms with Gasteiger partial charge in [0, 0.05) is 0 Å². The molecule has 24 heavy (non-hydrogen) atoms. The van der Waals surface area contributed by atoms with E-state index in [1.165, 1.54) is 7.11 Å². The van der Waals surface area contributed by atoms with Crippen LogP contribution >= 0.6 is 11.8 Å². The fourth-order valence-electron chi connectivity index (χ4n) is 2.31. The molecule has 0 aromatic heterocycles. The first-order valence-electron chi connectivity index (χ1n) is 7.33. The van der Waals surface area contributed by atoms with E-state index >= 15 is 0 Å². The molecule has 1 fully saturated rings. The van der Waals surface area contributed by atoms with Gasteiger partial charge in [-0.05, 0) is 35.5 Å². The Kier molecular flexibility index (Phi) is 4.82. The van der Waals surface area contributed by atoms with E-state index in [-0.39, 0.29) is 11.1 Å². The van der Waals surface area contributed by atoms with Crippen LogP contribution in [0.3, 0.4) is 0 Å². The van der Waals surface area contributed by atoms with Gasteiger partial charge in [0.05, 0.1) is 17.7 Å². The van der Waals surface area contributed by atoms with Crippen LogP contribution in [0.25, 0.3) is 6.08 Å². The minimum absolute atomic E-state index is 0.330. The Morgan fingerprint density at radius 2 is 1.71 bits per heavy atom. The Labute approximate surface area is 144 Å². The van der Waals surface area contributed by atoms with Gasteiger partial charge in [-0.2, -0.15) is 0 Å². The average molecular weight is 337 g/mol. The summed E-state index contributed by atoms with van der Waals surface area (Å²) in [4.78, 5) is 26.3. The Morgan fingerprint density at radius 1 is 1.00 bits per heavy atom. The summed E-state index contributed by atoms with van der Waals surface area (Å²) in [5.41, 5.74) is 1.48. The molecule has 2 amide bonds. The monoisotopic (exact) mass is 337 g/mol. The van der Waals surface area contributed by atoms with Crippen molar-refractivity contribution < 1.29 is 14.3 Å². The van der Waals surface area contributed by atoms with Gasteiger partial charge in [0.1, 0.15) is 5.75 Å². The molecule has 4 nitrogen and oxygen atoms in total. The minimum Gasteiger partial charge on any atom is -0.495 e.